The number of benzene rings is 3. The average Bonchev–Trinajstić information content (AvgIpc) is 2.80. The Balaban J connectivity index is 1.68. The summed E-state index contributed by atoms with van der Waals surface area (Å²) >= 11 is 0. The molecule has 3 aromatic rings. The smallest absolute Gasteiger partial charge is 0.303 e. The van der Waals surface area contributed by atoms with Crippen molar-refractivity contribution in [2.45, 2.75) is 39.3 Å². The molecule has 1 atom stereocenters. The van der Waals surface area contributed by atoms with Crippen molar-refractivity contribution in [3.8, 4) is 11.1 Å². The van der Waals surface area contributed by atoms with Crippen LogP contribution >= 0.6 is 0 Å². The third-order valence-electron chi connectivity index (χ3n) is 5.28. The molecule has 170 valence electrons. The summed E-state index contributed by atoms with van der Waals surface area (Å²) in [6, 6.07) is 21.8. The van der Waals surface area contributed by atoms with Crippen LogP contribution in [0.25, 0.3) is 11.1 Å². The molecule has 0 aliphatic heterocycles. The van der Waals surface area contributed by atoms with Crippen molar-refractivity contribution in [2.75, 3.05) is 0 Å². The molecule has 33 heavy (non-hydrogen) atoms. The zero-order valence-electron chi connectivity index (χ0n) is 18.8. The van der Waals surface area contributed by atoms with Gasteiger partial charge in [0, 0.05) is 18.5 Å². The largest absolute Gasteiger partial charge is 0.481 e. The third-order valence-corrected chi connectivity index (χ3v) is 5.28. The molecule has 0 aromatic heterocycles. The van der Waals surface area contributed by atoms with E-state index < -0.39 is 23.8 Å². The molecule has 6 nitrogen and oxygen atoms in total. The first-order chi connectivity index (χ1) is 15.8. The van der Waals surface area contributed by atoms with Crippen LogP contribution in [-0.4, -0.2) is 28.9 Å². The van der Waals surface area contributed by atoms with Crippen molar-refractivity contribution >= 4 is 17.8 Å². The number of carboxylic acids is 1. The highest BCUT2D eigenvalue weighted by atomic mass is 16.4. The van der Waals surface area contributed by atoms with Crippen LogP contribution in [0.15, 0.2) is 72.8 Å². The quantitative estimate of drug-likeness (QED) is 0.460. The van der Waals surface area contributed by atoms with Gasteiger partial charge in [-0.1, -0.05) is 71.8 Å². The number of hydrogen-bond donors (Lipinski definition) is 3. The van der Waals surface area contributed by atoms with Gasteiger partial charge in [-0.2, -0.15) is 0 Å². The van der Waals surface area contributed by atoms with Gasteiger partial charge in [-0.25, -0.2) is 0 Å². The molecule has 0 radical (unpaired) electrons. The number of aliphatic carboxylic acids is 1. The minimum absolute atomic E-state index is 0.00233. The number of carbonyl (C=O) groups is 3. The lowest BCUT2D eigenvalue weighted by Gasteiger charge is -2.18. The van der Waals surface area contributed by atoms with Crippen molar-refractivity contribution in [1.82, 2.24) is 10.6 Å². The van der Waals surface area contributed by atoms with Gasteiger partial charge in [0.15, 0.2) is 0 Å². The number of carbonyl (C=O) groups excluding carboxylic acids is 2. The van der Waals surface area contributed by atoms with Crippen molar-refractivity contribution in [1.29, 1.82) is 0 Å². The molecule has 2 amide bonds. The molecule has 0 aliphatic carbocycles. The first-order valence-electron chi connectivity index (χ1n) is 10.8. The van der Waals surface area contributed by atoms with Gasteiger partial charge in [0.05, 0.1) is 0 Å². The Bertz CT molecular complexity index is 1100. The molecule has 3 N–H and O–H groups in total. The molecule has 0 heterocycles. The topological polar surface area (TPSA) is 95.5 Å². The SMILES string of the molecule is Cc1cc(C)cc(-c2ccc(C(=O)N[C@@H](CCC(=O)O)C(=O)NCc3ccccc3)cc2)c1. The minimum atomic E-state index is -1.03. The number of amides is 2. The van der Waals surface area contributed by atoms with Gasteiger partial charge in [-0.3, -0.25) is 14.4 Å². The van der Waals surface area contributed by atoms with E-state index in [4.69, 9.17) is 5.11 Å². The lowest BCUT2D eigenvalue weighted by Crippen LogP contribution is -2.46. The number of carboxylic acid groups (broad SMARTS) is 1. The maximum atomic E-state index is 12.8. The summed E-state index contributed by atoms with van der Waals surface area (Å²) in [6.07, 6.45) is -0.225. The zero-order valence-corrected chi connectivity index (χ0v) is 18.8. The van der Waals surface area contributed by atoms with Gasteiger partial charge in [0.1, 0.15) is 6.04 Å². The van der Waals surface area contributed by atoms with Crippen LogP contribution in [0.2, 0.25) is 0 Å². The van der Waals surface area contributed by atoms with Crippen molar-refractivity contribution in [2.24, 2.45) is 0 Å². The van der Waals surface area contributed by atoms with Crippen LogP contribution < -0.4 is 10.6 Å². The first kappa shape index (κ1) is 23.7. The molecule has 0 aliphatic rings. The van der Waals surface area contributed by atoms with E-state index >= 15 is 0 Å². The maximum absolute atomic E-state index is 12.8. The van der Waals surface area contributed by atoms with E-state index in [9.17, 15) is 14.4 Å². The monoisotopic (exact) mass is 444 g/mol. The second-order valence-electron chi connectivity index (χ2n) is 8.12. The molecule has 0 spiro atoms. The van der Waals surface area contributed by atoms with E-state index in [1.54, 1.807) is 12.1 Å². The van der Waals surface area contributed by atoms with Gasteiger partial charge in [0.2, 0.25) is 5.91 Å². The van der Waals surface area contributed by atoms with Crippen LogP contribution in [0.3, 0.4) is 0 Å². The number of hydrogen-bond acceptors (Lipinski definition) is 3. The Morgan fingerprint density at radius 2 is 1.48 bits per heavy atom. The van der Waals surface area contributed by atoms with Crippen molar-refractivity contribution in [3.63, 3.8) is 0 Å². The second-order valence-corrected chi connectivity index (χ2v) is 8.12. The number of nitrogens with one attached hydrogen (secondary N) is 2. The minimum Gasteiger partial charge on any atom is -0.481 e. The maximum Gasteiger partial charge on any atom is 0.303 e. The van der Waals surface area contributed by atoms with E-state index in [0.29, 0.717) is 12.1 Å². The Labute approximate surface area is 193 Å². The third kappa shape index (κ3) is 7.04. The molecular formula is C27H28N2O4. The Hall–Kier alpha value is -3.93. The molecule has 0 saturated heterocycles. The number of rotatable bonds is 9. The molecular weight excluding hydrogens is 416 g/mol. The van der Waals surface area contributed by atoms with E-state index in [2.05, 4.69) is 28.8 Å². The summed E-state index contributed by atoms with van der Waals surface area (Å²) in [5.41, 5.74) is 5.69. The van der Waals surface area contributed by atoms with E-state index in [1.807, 2.05) is 56.3 Å². The predicted molar refractivity (Wildman–Crippen MR) is 128 cm³/mol. The normalized spacial score (nSPS) is 11.5. The van der Waals surface area contributed by atoms with Crippen LogP contribution in [0.4, 0.5) is 0 Å². The van der Waals surface area contributed by atoms with Gasteiger partial charge < -0.3 is 15.7 Å². The average molecular weight is 445 g/mol. The summed E-state index contributed by atoms with van der Waals surface area (Å²) in [5, 5.41) is 14.5. The summed E-state index contributed by atoms with van der Waals surface area (Å²) in [5.74, 6) is -1.87. The van der Waals surface area contributed by atoms with Gasteiger partial charge in [0.25, 0.3) is 5.91 Å². The fraction of sp³-hybridized carbons (Fsp3) is 0.222. The van der Waals surface area contributed by atoms with Crippen LogP contribution in [-0.2, 0) is 16.1 Å². The predicted octanol–water partition coefficient (Wildman–Crippen LogP) is 4.25. The fourth-order valence-electron chi connectivity index (χ4n) is 3.64. The molecule has 3 rings (SSSR count). The summed E-state index contributed by atoms with van der Waals surface area (Å²) < 4.78 is 0. The Morgan fingerprint density at radius 3 is 2.09 bits per heavy atom. The van der Waals surface area contributed by atoms with E-state index in [1.165, 1.54) is 0 Å². The first-order valence-corrected chi connectivity index (χ1v) is 10.8. The van der Waals surface area contributed by atoms with E-state index in [-0.39, 0.29) is 12.8 Å². The van der Waals surface area contributed by atoms with Crippen molar-refractivity contribution in [3.05, 3.63) is 95.1 Å². The standard InChI is InChI=1S/C27H28N2O4/c1-18-14-19(2)16-23(15-18)21-8-10-22(11-9-21)26(32)29-24(12-13-25(30)31)27(33)28-17-20-6-4-3-5-7-20/h3-11,14-16,24H,12-13,17H2,1-2H3,(H,28,33)(H,29,32)(H,30,31)/t24-/m0/s1. The molecule has 0 saturated carbocycles. The summed E-state index contributed by atoms with van der Waals surface area (Å²) in [7, 11) is 0. The molecule has 3 aromatic carbocycles. The summed E-state index contributed by atoms with van der Waals surface area (Å²) in [6.45, 7) is 4.38. The van der Waals surface area contributed by atoms with Crippen molar-refractivity contribution < 1.29 is 19.5 Å². The van der Waals surface area contributed by atoms with Gasteiger partial charge in [-0.15, -0.1) is 0 Å². The highest BCUT2D eigenvalue weighted by Gasteiger charge is 2.22. The van der Waals surface area contributed by atoms with Gasteiger partial charge in [-0.05, 0) is 49.1 Å². The van der Waals surface area contributed by atoms with Crippen LogP contribution in [0.5, 0.6) is 0 Å². The second kappa shape index (κ2) is 11.1. The molecule has 0 fully saturated rings. The molecule has 0 bridgehead atoms. The highest BCUT2D eigenvalue weighted by Crippen LogP contribution is 2.22. The lowest BCUT2D eigenvalue weighted by atomic mass is 9.99. The molecule has 6 heteroatoms. The Morgan fingerprint density at radius 1 is 0.848 bits per heavy atom. The highest BCUT2D eigenvalue weighted by molar-refractivity contribution is 5.98. The Kier molecular flexibility index (Phi) is 7.97. The zero-order chi connectivity index (χ0) is 23.8. The van der Waals surface area contributed by atoms with Crippen LogP contribution in [0, 0.1) is 13.8 Å². The molecule has 0 unspecified atom stereocenters. The fourth-order valence-corrected chi connectivity index (χ4v) is 3.64. The van der Waals surface area contributed by atoms with E-state index in [0.717, 1.165) is 27.8 Å². The van der Waals surface area contributed by atoms with Gasteiger partial charge >= 0.3 is 5.97 Å². The lowest BCUT2D eigenvalue weighted by molar-refractivity contribution is -0.137. The summed E-state index contributed by atoms with van der Waals surface area (Å²) in [4.78, 5) is 36.5. The van der Waals surface area contributed by atoms with Crippen LogP contribution in [0.1, 0.15) is 39.9 Å². The number of aryl methyl sites for hydroxylation is 2.